The lowest BCUT2D eigenvalue weighted by Crippen LogP contribution is -2.05. The Hall–Kier alpha value is -1.06. The summed E-state index contributed by atoms with van der Waals surface area (Å²) in [4.78, 5) is 22.5. The van der Waals surface area contributed by atoms with E-state index in [4.69, 9.17) is 4.74 Å². The minimum Gasteiger partial charge on any atom is -0.469 e. The number of carbonyl (C=O) groups is 2. The van der Waals surface area contributed by atoms with Crippen molar-refractivity contribution in [3.63, 3.8) is 0 Å². The molecule has 0 rings (SSSR count). The third-order valence-electron chi connectivity index (χ3n) is 4.00. The molecule has 0 spiro atoms. The summed E-state index contributed by atoms with van der Waals surface area (Å²) in [5.41, 5.74) is 0. The lowest BCUT2D eigenvalue weighted by atomic mass is 10.1. The topological polar surface area (TPSA) is 52.6 Å². The average molecular weight is 328 g/mol. The number of ether oxygens (including phenoxy) is 2. The second kappa shape index (κ2) is 17.3. The molecule has 0 saturated carbocycles. The minimum atomic E-state index is -0.123. The summed E-state index contributed by atoms with van der Waals surface area (Å²) in [6.07, 6.45) is 14.5. The molecule has 0 unspecified atom stereocenters. The first-order valence-electron chi connectivity index (χ1n) is 9.43. The molecule has 0 heterocycles. The van der Waals surface area contributed by atoms with Gasteiger partial charge in [0.25, 0.3) is 0 Å². The van der Waals surface area contributed by atoms with E-state index in [1.165, 1.54) is 32.8 Å². The first-order chi connectivity index (χ1) is 11.2. The van der Waals surface area contributed by atoms with Crippen LogP contribution in [0, 0.1) is 0 Å². The van der Waals surface area contributed by atoms with Gasteiger partial charge in [-0.15, -0.1) is 0 Å². The van der Waals surface area contributed by atoms with E-state index in [9.17, 15) is 9.59 Å². The first kappa shape index (κ1) is 21.9. The molecule has 4 nitrogen and oxygen atoms in total. The Morgan fingerprint density at radius 1 is 0.652 bits per heavy atom. The third kappa shape index (κ3) is 17.1. The van der Waals surface area contributed by atoms with E-state index in [1.807, 2.05) is 0 Å². The van der Waals surface area contributed by atoms with Crippen molar-refractivity contribution < 1.29 is 19.1 Å². The number of carbonyl (C=O) groups excluding carboxylic acids is 2. The fourth-order valence-electron chi connectivity index (χ4n) is 2.49. The normalized spacial score (nSPS) is 10.5. The number of esters is 2. The van der Waals surface area contributed by atoms with Crippen molar-refractivity contribution >= 4 is 11.9 Å². The van der Waals surface area contributed by atoms with Gasteiger partial charge in [-0.1, -0.05) is 64.7 Å². The summed E-state index contributed by atoms with van der Waals surface area (Å²) in [6, 6.07) is 0. The standard InChI is InChI=1S/C19H36O4/c1-3-4-5-6-9-13-16-19(21)23-17-14-11-8-7-10-12-15-18(20)22-2/h3-17H2,1-2H3. The lowest BCUT2D eigenvalue weighted by Gasteiger charge is -2.05. The van der Waals surface area contributed by atoms with E-state index < -0.39 is 0 Å². The summed E-state index contributed by atoms with van der Waals surface area (Å²) in [5, 5.41) is 0. The largest absolute Gasteiger partial charge is 0.469 e. The molecule has 0 aromatic carbocycles. The second-order valence-corrected chi connectivity index (χ2v) is 6.19. The Balaban J connectivity index is 3.19. The Kier molecular flexibility index (Phi) is 16.5. The highest BCUT2D eigenvalue weighted by Crippen LogP contribution is 2.09. The van der Waals surface area contributed by atoms with Crippen molar-refractivity contribution in [1.29, 1.82) is 0 Å². The van der Waals surface area contributed by atoms with Crippen LogP contribution < -0.4 is 0 Å². The molecule has 0 fully saturated rings. The first-order valence-corrected chi connectivity index (χ1v) is 9.43. The average Bonchev–Trinajstić information content (AvgIpc) is 2.56. The fourth-order valence-corrected chi connectivity index (χ4v) is 2.49. The van der Waals surface area contributed by atoms with Crippen LogP contribution in [0.3, 0.4) is 0 Å². The van der Waals surface area contributed by atoms with Gasteiger partial charge in [-0.05, 0) is 19.3 Å². The van der Waals surface area contributed by atoms with Gasteiger partial charge in [0.15, 0.2) is 0 Å². The van der Waals surface area contributed by atoms with Crippen LogP contribution in [0.4, 0.5) is 0 Å². The molecule has 0 atom stereocenters. The molecule has 0 aliphatic rings. The molecule has 23 heavy (non-hydrogen) atoms. The number of hydrogen-bond donors (Lipinski definition) is 0. The monoisotopic (exact) mass is 328 g/mol. The molecule has 0 saturated heterocycles. The van der Waals surface area contributed by atoms with E-state index in [2.05, 4.69) is 11.7 Å². The predicted molar refractivity (Wildman–Crippen MR) is 93.3 cm³/mol. The van der Waals surface area contributed by atoms with Gasteiger partial charge in [0.1, 0.15) is 0 Å². The van der Waals surface area contributed by atoms with E-state index in [0.29, 0.717) is 19.4 Å². The highest BCUT2D eigenvalue weighted by atomic mass is 16.5. The van der Waals surface area contributed by atoms with E-state index in [1.54, 1.807) is 0 Å². The van der Waals surface area contributed by atoms with Gasteiger partial charge in [0, 0.05) is 12.8 Å². The second-order valence-electron chi connectivity index (χ2n) is 6.19. The number of hydrogen-bond acceptors (Lipinski definition) is 4. The maximum absolute atomic E-state index is 11.5. The molecule has 4 heteroatoms. The van der Waals surface area contributed by atoms with Crippen LogP contribution in [0.5, 0.6) is 0 Å². The SMILES string of the molecule is CCCCCCCCC(=O)OCCCCCCCCC(=O)OC. The minimum absolute atomic E-state index is 0.0430. The van der Waals surface area contributed by atoms with Gasteiger partial charge < -0.3 is 9.47 Å². The van der Waals surface area contributed by atoms with Crippen molar-refractivity contribution in [2.24, 2.45) is 0 Å². The fraction of sp³-hybridized carbons (Fsp3) is 0.895. The molecule has 0 N–H and O–H groups in total. The van der Waals surface area contributed by atoms with Crippen molar-refractivity contribution in [3.05, 3.63) is 0 Å². The smallest absolute Gasteiger partial charge is 0.305 e. The van der Waals surface area contributed by atoms with Crippen LogP contribution in [0.1, 0.15) is 96.8 Å². The number of rotatable bonds is 16. The van der Waals surface area contributed by atoms with Crippen LogP contribution in [-0.2, 0) is 19.1 Å². The van der Waals surface area contributed by atoms with Crippen LogP contribution >= 0.6 is 0 Å². The number of methoxy groups -OCH3 is 1. The van der Waals surface area contributed by atoms with Crippen LogP contribution in [-0.4, -0.2) is 25.7 Å². The highest BCUT2D eigenvalue weighted by molar-refractivity contribution is 5.69. The Labute approximate surface area is 142 Å². The van der Waals surface area contributed by atoms with Crippen LogP contribution in [0.15, 0.2) is 0 Å². The molecule has 136 valence electrons. The van der Waals surface area contributed by atoms with Crippen LogP contribution in [0.2, 0.25) is 0 Å². The quantitative estimate of drug-likeness (QED) is 0.289. The van der Waals surface area contributed by atoms with Crippen molar-refractivity contribution in [3.8, 4) is 0 Å². The predicted octanol–water partition coefficient (Wildman–Crippen LogP) is 5.18. The summed E-state index contributed by atoms with van der Waals surface area (Å²) >= 11 is 0. The van der Waals surface area contributed by atoms with Crippen molar-refractivity contribution in [2.45, 2.75) is 96.8 Å². The maximum Gasteiger partial charge on any atom is 0.305 e. The molecule has 0 aromatic rings. The molecule has 0 bridgehead atoms. The molecule has 0 aliphatic heterocycles. The molecule has 0 radical (unpaired) electrons. The molecule has 0 aliphatic carbocycles. The molecule has 0 aromatic heterocycles. The van der Waals surface area contributed by atoms with E-state index in [0.717, 1.165) is 51.4 Å². The summed E-state index contributed by atoms with van der Waals surface area (Å²) in [6.45, 7) is 2.76. The zero-order valence-corrected chi connectivity index (χ0v) is 15.2. The number of unbranched alkanes of at least 4 members (excludes halogenated alkanes) is 10. The zero-order chi connectivity index (χ0) is 17.2. The summed E-state index contributed by atoms with van der Waals surface area (Å²) in [7, 11) is 1.43. The Morgan fingerprint density at radius 2 is 1.13 bits per heavy atom. The maximum atomic E-state index is 11.5. The van der Waals surface area contributed by atoms with Gasteiger partial charge >= 0.3 is 11.9 Å². The van der Waals surface area contributed by atoms with Gasteiger partial charge in [0.05, 0.1) is 13.7 Å². The third-order valence-corrected chi connectivity index (χ3v) is 4.00. The van der Waals surface area contributed by atoms with Crippen molar-refractivity contribution in [1.82, 2.24) is 0 Å². The molecule has 0 amide bonds. The van der Waals surface area contributed by atoms with E-state index >= 15 is 0 Å². The summed E-state index contributed by atoms with van der Waals surface area (Å²) < 4.78 is 9.84. The summed E-state index contributed by atoms with van der Waals surface area (Å²) in [5.74, 6) is -0.166. The van der Waals surface area contributed by atoms with Gasteiger partial charge in [-0.3, -0.25) is 9.59 Å². The van der Waals surface area contributed by atoms with E-state index in [-0.39, 0.29) is 11.9 Å². The van der Waals surface area contributed by atoms with Crippen LogP contribution in [0.25, 0.3) is 0 Å². The molecular formula is C19H36O4. The molecular weight excluding hydrogens is 292 g/mol. The lowest BCUT2D eigenvalue weighted by molar-refractivity contribution is -0.144. The highest BCUT2D eigenvalue weighted by Gasteiger charge is 2.02. The Morgan fingerprint density at radius 3 is 1.70 bits per heavy atom. The van der Waals surface area contributed by atoms with Gasteiger partial charge in [-0.25, -0.2) is 0 Å². The Bertz CT molecular complexity index is 289. The zero-order valence-electron chi connectivity index (χ0n) is 15.2. The van der Waals surface area contributed by atoms with Gasteiger partial charge in [0.2, 0.25) is 0 Å². The van der Waals surface area contributed by atoms with Crippen molar-refractivity contribution in [2.75, 3.05) is 13.7 Å². The van der Waals surface area contributed by atoms with Gasteiger partial charge in [-0.2, -0.15) is 0 Å².